The van der Waals surface area contributed by atoms with Crippen LogP contribution in [0.1, 0.15) is 12.8 Å². The Bertz CT molecular complexity index is 121. The number of nitrogens with zero attached hydrogens (tertiary/aromatic N) is 1. The minimum Gasteiger partial charge on any atom is -0.318 e. The maximum Gasteiger partial charge on any atom is 0.0107 e. The maximum absolute atomic E-state index is 3.17. The van der Waals surface area contributed by atoms with Crippen LogP contribution in [-0.4, -0.2) is 38.1 Å². The van der Waals surface area contributed by atoms with Crippen molar-refractivity contribution in [2.45, 2.75) is 12.8 Å². The highest BCUT2D eigenvalue weighted by atomic mass is 15.2. The number of hydrogen-bond donors (Lipinski definition) is 1. The second kappa shape index (κ2) is 2.21. The van der Waals surface area contributed by atoms with Crippen molar-refractivity contribution >= 4 is 0 Å². The van der Waals surface area contributed by atoms with Gasteiger partial charge in [-0.15, -0.1) is 0 Å². The summed E-state index contributed by atoms with van der Waals surface area (Å²) < 4.78 is 0. The van der Waals surface area contributed by atoms with E-state index in [1.165, 1.54) is 32.5 Å². The lowest BCUT2D eigenvalue weighted by Crippen LogP contribution is -2.50. The molecule has 0 aromatic carbocycles. The zero-order chi connectivity index (χ0) is 7.03. The van der Waals surface area contributed by atoms with Crippen LogP contribution in [0.15, 0.2) is 0 Å². The van der Waals surface area contributed by atoms with Gasteiger partial charge >= 0.3 is 0 Å². The molecule has 2 rings (SSSR count). The van der Waals surface area contributed by atoms with E-state index < -0.39 is 0 Å². The van der Waals surface area contributed by atoms with Crippen LogP contribution < -0.4 is 5.32 Å². The first-order valence-electron chi connectivity index (χ1n) is 4.22. The largest absolute Gasteiger partial charge is 0.318 e. The molecule has 0 atom stereocenters. The molecule has 0 aromatic rings. The summed E-state index contributed by atoms with van der Waals surface area (Å²) in [6.07, 6.45) is 3.01. The fourth-order valence-corrected chi connectivity index (χ4v) is 1.82. The molecule has 0 unspecified atom stereocenters. The van der Waals surface area contributed by atoms with E-state index in [1.807, 2.05) is 7.05 Å². The third kappa shape index (κ3) is 1.06. The molecule has 0 aromatic heterocycles. The Morgan fingerprint density at radius 2 is 2.10 bits per heavy atom. The first-order chi connectivity index (χ1) is 4.85. The summed E-state index contributed by atoms with van der Waals surface area (Å²) in [5, 5.41) is 3.17. The fraction of sp³-hybridized carbons (Fsp3) is 1.00. The number of hydrogen-bond acceptors (Lipinski definition) is 2. The average molecular weight is 140 g/mol. The number of nitrogens with one attached hydrogen (secondary N) is 1. The molecular formula is C8H16N2. The van der Waals surface area contributed by atoms with E-state index in [0.717, 1.165) is 12.0 Å². The van der Waals surface area contributed by atoms with Gasteiger partial charge < -0.3 is 10.2 Å². The van der Waals surface area contributed by atoms with Gasteiger partial charge in [-0.2, -0.15) is 0 Å². The summed E-state index contributed by atoms with van der Waals surface area (Å²) in [4.78, 5) is 2.55. The van der Waals surface area contributed by atoms with Crippen molar-refractivity contribution in [3.63, 3.8) is 0 Å². The number of rotatable bonds is 3. The Hall–Kier alpha value is -0.0800. The van der Waals surface area contributed by atoms with Gasteiger partial charge in [0.05, 0.1) is 0 Å². The summed E-state index contributed by atoms with van der Waals surface area (Å²) in [5.74, 6) is 0. The lowest BCUT2D eigenvalue weighted by Gasteiger charge is -2.39. The smallest absolute Gasteiger partial charge is 0.0107 e. The third-order valence-electron chi connectivity index (χ3n) is 2.75. The molecule has 1 saturated heterocycles. The monoisotopic (exact) mass is 140 g/mol. The fourth-order valence-electron chi connectivity index (χ4n) is 1.82. The van der Waals surface area contributed by atoms with Crippen molar-refractivity contribution in [1.29, 1.82) is 0 Å². The van der Waals surface area contributed by atoms with Crippen LogP contribution >= 0.6 is 0 Å². The van der Waals surface area contributed by atoms with Gasteiger partial charge in [0.2, 0.25) is 0 Å². The highest BCUT2D eigenvalue weighted by Gasteiger charge is 2.51. The summed E-state index contributed by atoms with van der Waals surface area (Å²) in [7, 11) is 2.02. The van der Waals surface area contributed by atoms with Crippen LogP contribution in [0.2, 0.25) is 0 Å². The van der Waals surface area contributed by atoms with Gasteiger partial charge in [-0.1, -0.05) is 0 Å². The SMILES string of the molecule is CNCCN1CC2(CC2)C1. The summed E-state index contributed by atoms with van der Waals surface area (Å²) in [6, 6.07) is 0. The Morgan fingerprint density at radius 3 is 2.60 bits per heavy atom. The van der Waals surface area contributed by atoms with Crippen molar-refractivity contribution in [2.24, 2.45) is 5.41 Å². The van der Waals surface area contributed by atoms with Gasteiger partial charge in [-0.3, -0.25) is 0 Å². The van der Waals surface area contributed by atoms with Gasteiger partial charge in [0.15, 0.2) is 0 Å². The van der Waals surface area contributed by atoms with Crippen molar-refractivity contribution in [2.75, 3.05) is 33.2 Å². The normalized spacial score (nSPS) is 28.5. The third-order valence-corrected chi connectivity index (χ3v) is 2.75. The van der Waals surface area contributed by atoms with Crippen LogP contribution in [0.5, 0.6) is 0 Å². The van der Waals surface area contributed by atoms with Gasteiger partial charge in [0.25, 0.3) is 0 Å². The first kappa shape index (κ1) is 6.62. The molecule has 1 aliphatic heterocycles. The van der Waals surface area contributed by atoms with E-state index in [-0.39, 0.29) is 0 Å². The molecule has 2 aliphatic rings. The van der Waals surface area contributed by atoms with Gasteiger partial charge in [0.1, 0.15) is 0 Å². The molecule has 0 radical (unpaired) electrons. The lowest BCUT2D eigenvalue weighted by atomic mass is 9.97. The minimum atomic E-state index is 0.841. The maximum atomic E-state index is 3.17. The predicted molar refractivity (Wildman–Crippen MR) is 42.0 cm³/mol. The standard InChI is InChI=1S/C8H16N2/c1-9-4-5-10-6-8(7-10)2-3-8/h9H,2-7H2,1H3. The van der Waals surface area contributed by atoms with Crippen molar-refractivity contribution < 1.29 is 0 Å². The second-order valence-electron chi connectivity index (χ2n) is 3.81. The quantitative estimate of drug-likeness (QED) is 0.606. The zero-order valence-corrected chi connectivity index (χ0v) is 6.69. The molecule has 10 heavy (non-hydrogen) atoms. The highest BCUT2D eigenvalue weighted by Crippen LogP contribution is 2.52. The lowest BCUT2D eigenvalue weighted by molar-refractivity contribution is 0.0837. The predicted octanol–water partition coefficient (Wildman–Crippen LogP) is 0.302. The van der Waals surface area contributed by atoms with Crippen molar-refractivity contribution in [3.05, 3.63) is 0 Å². The van der Waals surface area contributed by atoms with E-state index in [0.29, 0.717) is 0 Å². The van der Waals surface area contributed by atoms with E-state index in [2.05, 4.69) is 10.2 Å². The first-order valence-corrected chi connectivity index (χ1v) is 4.22. The Morgan fingerprint density at radius 1 is 1.40 bits per heavy atom. The summed E-state index contributed by atoms with van der Waals surface area (Å²) >= 11 is 0. The van der Waals surface area contributed by atoms with E-state index in [1.54, 1.807) is 0 Å². The molecular weight excluding hydrogens is 124 g/mol. The van der Waals surface area contributed by atoms with Gasteiger partial charge in [0, 0.05) is 26.2 Å². The Kier molecular flexibility index (Phi) is 1.46. The topological polar surface area (TPSA) is 15.3 Å². The van der Waals surface area contributed by atoms with Gasteiger partial charge in [-0.05, 0) is 25.3 Å². The summed E-state index contributed by atoms with van der Waals surface area (Å²) in [5.41, 5.74) is 0.841. The molecule has 1 aliphatic carbocycles. The second-order valence-corrected chi connectivity index (χ2v) is 3.81. The van der Waals surface area contributed by atoms with Crippen LogP contribution in [-0.2, 0) is 0 Å². The molecule has 1 N–H and O–H groups in total. The molecule has 2 nitrogen and oxygen atoms in total. The van der Waals surface area contributed by atoms with E-state index >= 15 is 0 Å². The highest BCUT2D eigenvalue weighted by molar-refractivity contribution is 5.04. The molecule has 1 heterocycles. The van der Waals surface area contributed by atoms with Crippen LogP contribution in [0.3, 0.4) is 0 Å². The number of likely N-dealkylation sites (tertiary alicyclic amines) is 1. The molecule has 2 fully saturated rings. The van der Waals surface area contributed by atoms with Crippen LogP contribution in [0, 0.1) is 5.41 Å². The average Bonchev–Trinajstić information content (AvgIpc) is 2.59. The molecule has 0 amide bonds. The van der Waals surface area contributed by atoms with Crippen molar-refractivity contribution in [3.8, 4) is 0 Å². The molecule has 1 spiro atoms. The minimum absolute atomic E-state index is 0.841. The Balaban J connectivity index is 1.61. The van der Waals surface area contributed by atoms with Crippen LogP contribution in [0.25, 0.3) is 0 Å². The van der Waals surface area contributed by atoms with Crippen LogP contribution in [0.4, 0.5) is 0 Å². The summed E-state index contributed by atoms with van der Waals surface area (Å²) in [6.45, 7) is 5.16. The zero-order valence-electron chi connectivity index (χ0n) is 6.69. The molecule has 0 bridgehead atoms. The Labute approximate surface area is 62.6 Å². The molecule has 58 valence electrons. The molecule has 2 heteroatoms. The van der Waals surface area contributed by atoms with Crippen molar-refractivity contribution in [1.82, 2.24) is 10.2 Å². The number of likely N-dealkylation sites (N-methyl/N-ethyl adjacent to an activating group) is 1. The van der Waals surface area contributed by atoms with Gasteiger partial charge in [-0.25, -0.2) is 0 Å². The van der Waals surface area contributed by atoms with E-state index in [9.17, 15) is 0 Å². The molecule has 1 saturated carbocycles. The van der Waals surface area contributed by atoms with E-state index in [4.69, 9.17) is 0 Å².